The van der Waals surface area contributed by atoms with E-state index in [9.17, 15) is 19.7 Å². The van der Waals surface area contributed by atoms with Gasteiger partial charge in [-0.3, -0.25) is 14.9 Å². The molecule has 7 nitrogen and oxygen atoms in total. The minimum atomic E-state index is -0.954. The van der Waals surface area contributed by atoms with Crippen LogP contribution in [0.2, 0.25) is 0 Å². The van der Waals surface area contributed by atoms with Gasteiger partial charge < -0.3 is 10.1 Å². The molecule has 1 atom stereocenters. The molecule has 0 aliphatic heterocycles. The predicted octanol–water partition coefficient (Wildman–Crippen LogP) is 3.50. The molecule has 0 heterocycles. The highest BCUT2D eigenvalue weighted by molar-refractivity contribution is 5.93. The van der Waals surface area contributed by atoms with Crippen LogP contribution in [0.5, 0.6) is 0 Å². The molecule has 26 heavy (non-hydrogen) atoms. The van der Waals surface area contributed by atoms with Gasteiger partial charge in [-0.05, 0) is 31.2 Å². The second-order valence-electron chi connectivity index (χ2n) is 7.78. The van der Waals surface area contributed by atoms with Crippen LogP contribution in [-0.2, 0) is 14.9 Å². The Labute approximate surface area is 153 Å². The van der Waals surface area contributed by atoms with Crippen LogP contribution in [0.15, 0.2) is 18.2 Å². The minimum Gasteiger partial charge on any atom is -0.449 e. The summed E-state index contributed by atoms with van der Waals surface area (Å²) in [4.78, 5) is 35.3. The van der Waals surface area contributed by atoms with Crippen LogP contribution >= 0.6 is 0 Å². The molecule has 1 amide bonds. The first-order valence-electron chi connectivity index (χ1n) is 8.90. The van der Waals surface area contributed by atoms with Gasteiger partial charge >= 0.3 is 5.97 Å². The zero-order valence-corrected chi connectivity index (χ0v) is 15.7. The lowest BCUT2D eigenvalue weighted by molar-refractivity contribution is -0.386. The zero-order valence-electron chi connectivity index (χ0n) is 15.7. The van der Waals surface area contributed by atoms with Gasteiger partial charge in [0.15, 0.2) is 6.10 Å². The monoisotopic (exact) mass is 362 g/mol. The fraction of sp³-hybridized carbons (Fsp3) is 0.579. The van der Waals surface area contributed by atoms with Gasteiger partial charge in [-0.15, -0.1) is 0 Å². The first kappa shape index (κ1) is 19.9. The highest BCUT2D eigenvalue weighted by atomic mass is 16.6. The first-order valence-corrected chi connectivity index (χ1v) is 8.90. The Bertz CT molecular complexity index is 702. The number of carbonyl (C=O) groups excluding carboxylic acids is 2. The molecule has 0 unspecified atom stereocenters. The van der Waals surface area contributed by atoms with Crippen LogP contribution < -0.4 is 5.32 Å². The van der Waals surface area contributed by atoms with Crippen LogP contribution in [0.4, 0.5) is 5.69 Å². The van der Waals surface area contributed by atoms with Crippen molar-refractivity contribution >= 4 is 17.6 Å². The molecular weight excluding hydrogens is 336 g/mol. The first-order chi connectivity index (χ1) is 12.1. The van der Waals surface area contributed by atoms with E-state index in [0.29, 0.717) is 5.56 Å². The van der Waals surface area contributed by atoms with Gasteiger partial charge in [-0.2, -0.15) is 0 Å². The average Bonchev–Trinajstić information content (AvgIpc) is 3.06. The lowest BCUT2D eigenvalue weighted by Gasteiger charge is -2.20. The largest absolute Gasteiger partial charge is 0.449 e. The van der Waals surface area contributed by atoms with E-state index < -0.39 is 22.4 Å². The molecule has 0 aromatic heterocycles. The molecule has 1 aliphatic carbocycles. The predicted molar refractivity (Wildman–Crippen MR) is 97.1 cm³/mol. The standard InChI is InChI=1S/C19H26N2O5/c1-12(17(22)20-14-7-5-6-8-14)26-18(23)13-9-10-15(19(2,3)4)16(11-13)21(24)25/h9-12,14H,5-8H2,1-4H3,(H,20,22)/t12-/m0/s1. The molecule has 1 N–H and O–H groups in total. The molecule has 2 rings (SSSR count). The van der Waals surface area contributed by atoms with Crippen molar-refractivity contribution in [2.24, 2.45) is 0 Å². The van der Waals surface area contributed by atoms with E-state index in [1.54, 1.807) is 6.07 Å². The molecule has 0 bridgehead atoms. The van der Waals surface area contributed by atoms with Gasteiger partial charge in [0, 0.05) is 17.7 Å². The quantitative estimate of drug-likeness (QED) is 0.491. The topological polar surface area (TPSA) is 98.5 Å². The van der Waals surface area contributed by atoms with Gasteiger partial charge in [0.1, 0.15) is 0 Å². The number of nitrogens with one attached hydrogen (secondary N) is 1. The molecule has 1 aromatic rings. The molecule has 142 valence electrons. The number of benzene rings is 1. The zero-order chi connectivity index (χ0) is 19.5. The number of esters is 1. The Morgan fingerprint density at radius 3 is 2.42 bits per heavy atom. The third-order valence-corrected chi connectivity index (χ3v) is 4.59. The third kappa shape index (κ3) is 4.80. The number of hydrogen-bond acceptors (Lipinski definition) is 5. The van der Waals surface area contributed by atoms with E-state index >= 15 is 0 Å². The van der Waals surface area contributed by atoms with Crippen LogP contribution in [-0.4, -0.2) is 28.9 Å². The van der Waals surface area contributed by atoms with Crippen LogP contribution in [0, 0.1) is 10.1 Å². The highest BCUT2D eigenvalue weighted by Gasteiger charge is 2.28. The number of ether oxygens (including phenoxy) is 1. The van der Waals surface area contributed by atoms with E-state index in [1.165, 1.54) is 19.1 Å². The number of rotatable bonds is 5. The van der Waals surface area contributed by atoms with Gasteiger partial charge in [0.05, 0.1) is 10.5 Å². The molecule has 1 saturated carbocycles. The summed E-state index contributed by atoms with van der Waals surface area (Å²) in [7, 11) is 0. The number of nitro benzene ring substituents is 1. The molecular formula is C19H26N2O5. The Balaban J connectivity index is 2.10. The van der Waals surface area contributed by atoms with Crippen molar-refractivity contribution in [1.29, 1.82) is 0 Å². The molecule has 0 saturated heterocycles. The molecule has 1 aliphatic rings. The lowest BCUT2D eigenvalue weighted by Crippen LogP contribution is -2.40. The summed E-state index contributed by atoms with van der Waals surface area (Å²) in [6.45, 7) is 7.09. The van der Waals surface area contributed by atoms with Gasteiger partial charge in [0.25, 0.3) is 11.6 Å². The van der Waals surface area contributed by atoms with Crippen molar-refractivity contribution in [3.05, 3.63) is 39.4 Å². The van der Waals surface area contributed by atoms with Crippen LogP contribution in [0.25, 0.3) is 0 Å². The van der Waals surface area contributed by atoms with Crippen molar-refractivity contribution < 1.29 is 19.2 Å². The Morgan fingerprint density at radius 2 is 1.88 bits per heavy atom. The maximum Gasteiger partial charge on any atom is 0.339 e. The van der Waals surface area contributed by atoms with Gasteiger partial charge in [0.2, 0.25) is 0 Å². The Hall–Kier alpha value is -2.44. The summed E-state index contributed by atoms with van der Waals surface area (Å²) in [5, 5.41) is 14.2. The van der Waals surface area contributed by atoms with E-state index in [2.05, 4.69) is 5.32 Å². The van der Waals surface area contributed by atoms with Crippen molar-refractivity contribution in [3.8, 4) is 0 Å². The van der Waals surface area contributed by atoms with Crippen molar-refractivity contribution in [1.82, 2.24) is 5.32 Å². The smallest absolute Gasteiger partial charge is 0.339 e. The van der Waals surface area contributed by atoms with E-state index in [0.717, 1.165) is 25.7 Å². The SMILES string of the molecule is C[C@H](OC(=O)c1ccc(C(C)(C)C)c([N+](=O)[O-])c1)C(=O)NC1CCCC1. The summed E-state index contributed by atoms with van der Waals surface area (Å²) < 4.78 is 5.20. The van der Waals surface area contributed by atoms with Gasteiger partial charge in [-0.25, -0.2) is 4.79 Å². The Kier molecular flexibility index (Phi) is 6.00. The number of hydrogen-bond donors (Lipinski definition) is 1. The normalized spacial score (nSPS) is 16.2. The summed E-state index contributed by atoms with van der Waals surface area (Å²) in [5.74, 6) is -1.09. The highest BCUT2D eigenvalue weighted by Crippen LogP contribution is 2.32. The Morgan fingerprint density at radius 1 is 1.27 bits per heavy atom. The lowest BCUT2D eigenvalue weighted by atomic mass is 9.85. The second kappa shape index (κ2) is 7.85. The van der Waals surface area contributed by atoms with E-state index in [1.807, 2.05) is 20.8 Å². The molecule has 1 fully saturated rings. The van der Waals surface area contributed by atoms with E-state index in [4.69, 9.17) is 4.74 Å². The second-order valence-corrected chi connectivity index (χ2v) is 7.78. The molecule has 0 spiro atoms. The van der Waals surface area contributed by atoms with Gasteiger partial charge in [-0.1, -0.05) is 39.7 Å². The number of nitrogens with zero attached hydrogens (tertiary/aromatic N) is 1. The molecule has 1 aromatic carbocycles. The summed E-state index contributed by atoms with van der Waals surface area (Å²) in [6.07, 6.45) is 3.09. The summed E-state index contributed by atoms with van der Waals surface area (Å²) in [6, 6.07) is 4.41. The van der Waals surface area contributed by atoms with E-state index in [-0.39, 0.29) is 23.2 Å². The summed E-state index contributed by atoms with van der Waals surface area (Å²) in [5.41, 5.74) is 0.0329. The molecule has 7 heteroatoms. The number of amides is 1. The third-order valence-electron chi connectivity index (χ3n) is 4.59. The maximum absolute atomic E-state index is 12.3. The fourth-order valence-electron chi connectivity index (χ4n) is 3.11. The van der Waals surface area contributed by atoms with Crippen molar-refractivity contribution in [3.63, 3.8) is 0 Å². The van der Waals surface area contributed by atoms with Crippen LogP contribution in [0.3, 0.4) is 0 Å². The average molecular weight is 362 g/mol. The number of carbonyl (C=O) groups is 2. The maximum atomic E-state index is 12.3. The van der Waals surface area contributed by atoms with Crippen LogP contribution in [0.1, 0.15) is 69.3 Å². The summed E-state index contributed by atoms with van der Waals surface area (Å²) >= 11 is 0. The van der Waals surface area contributed by atoms with Crippen molar-refractivity contribution in [2.45, 2.75) is 70.9 Å². The van der Waals surface area contributed by atoms with Crippen molar-refractivity contribution in [2.75, 3.05) is 0 Å². The fourth-order valence-corrected chi connectivity index (χ4v) is 3.11. The molecule has 0 radical (unpaired) electrons. The minimum absolute atomic E-state index is 0.0604. The number of nitro groups is 1.